The maximum absolute atomic E-state index is 12.9. The van der Waals surface area contributed by atoms with Crippen molar-refractivity contribution in [2.75, 3.05) is 0 Å². The normalized spacial score (nSPS) is 10.4. The first kappa shape index (κ1) is 9.41. The third-order valence-corrected chi connectivity index (χ3v) is 3.06. The Morgan fingerprint density at radius 1 is 1.21 bits per heavy atom. The lowest BCUT2D eigenvalue weighted by atomic mass is 10.1. The molecule has 14 heavy (non-hydrogen) atoms. The molecular formula is C12H11FS. The predicted molar refractivity (Wildman–Crippen MR) is 58.3 cm³/mol. The van der Waals surface area contributed by atoms with Gasteiger partial charge in [0, 0.05) is 16.2 Å². The van der Waals surface area contributed by atoms with Gasteiger partial charge in [-0.05, 0) is 36.8 Å². The lowest BCUT2D eigenvalue weighted by Crippen LogP contribution is -1.85. The second kappa shape index (κ2) is 3.93. The van der Waals surface area contributed by atoms with Crippen LogP contribution in [0.3, 0.4) is 0 Å². The van der Waals surface area contributed by atoms with E-state index in [1.165, 1.54) is 15.8 Å². The largest absolute Gasteiger partial charge is 0.207 e. The highest BCUT2D eigenvalue weighted by Crippen LogP contribution is 2.19. The van der Waals surface area contributed by atoms with Crippen molar-refractivity contribution in [1.29, 1.82) is 0 Å². The molecule has 0 fully saturated rings. The number of halogens is 1. The Morgan fingerprint density at radius 3 is 2.71 bits per heavy atom. The zero-order valence-electron chi connectivity index (χ0n) is 7.96. The van der Waals surface area contributed by atoms with Crippen molar-refractivity contribution in [3.05, 3.63) is 57.5 Å². The summed E-state index contributed by atoms with van der Waals surface area (Å²) in [6.07, 6.45) is 0.830. The molecule has 0 atom stereocenters. The van der Waals surface area contributed by atoms with Gasteiger partial charge in [-0.25, -0.2) is 4.39 Å². The summed E-state index contributed by atoms with van der Waals surface area (Å²) in [7, 11) is 0. The number of hydrogen-bond acceptors (Lipinski definition) is 1. The molecule has 0 bridgehead atoms. The number of aryl methyl sites for hydroxylation is 1. The Hall–Kier alpha value is -1.15. The Labute approximate surface area is 87.0 Å². The van der Waals surface area contributed by atoms with Gasteiger partial charge in [0.05, 0.1) is 0 Å². The van der Waals surface area contributed by atoms with Crippen LogP contribution in [-0.2, 0) is 6.42 Å². The van der Waals surface area contributed by atoms with Crippen molar-refractivity contribution >= 4 is 11.3 Å². The highest BCUT2D eigenvalue weighted by atomic mass is 32.1. The fourth-order valence-corrected chi connectivity index (χ4v) is 2.35. The lowest BCUT2D eigenvalue weighted by molar-refractivity contribution is 0.626. The number of hydrogen-bond donors (Lipinski definition) is 0. The first-order chi connectivity index (χ1) is 6.74. The molecule has 0 aliphatic heterocycles. The third-order valence-electron chi connectivity index (χ3n) is 2.06. The summed E-state index contributed by atoms with van der Waals surface area (Å²) in [6, 6.07) is 11.0. The van der Waals surface area contributed by atoms with E-state index in [4.69, 9.17) is 0 Å². The molecule has 0 unspecified atom stereocenters. The molecule has 2 aromatic rings. The van der Waals surface area contributed by atoms with Crippen LogP contribution >= 0.6 is 11.3 Å². The second-order valence-electron chi connectivity index (χ2n) is 3.32. The monoisotopic (exact) mass is 206 g/mol. The van der Waals surface area contributed by atoms with E-state index >= 15 is 0 Å². The van der Waals surface area contributed by atoms with Gasteiger partial charge in [0.2, 0.25) is 0 Å². The van der Waals surface area contributed by atoms with Crippen LogP contribution in [0.25, 0.3) is 0 Å². The van der Waals surface area contributed by atoms with Crippen molar-refractivity contribution < 1.29 is 4.39 Å². The van der Waals surface area contributed by atoms with Crippen molar-refractivity contribution in [3.8, 4) is 0 Å². The van der Waals surface area contributed by atoms with Gasteiger partial charge in [-0.1, -0.05) is 12.1 Å². The van der Waals surface area contributed by atoms with E-state index in [2.05, 4.69) is 19.1 Å². The number of benzene rings is 1. The van der Waals surface area contributed by atoms with E-state index in [0.29, 0.717) is 0 Å². The minimum Gasteiger partial charge on any atom is -0.207 e. The number of thiophene rings is 1. The summed E-state index contributed by atoms with van der Waals surface area (Å²) < 4.78 is 12.9. The third kappa shape index (κ3) is 2.20. The lowest BCUT2D eigenvalue weighted by Gasteiger charge is -1.98. The van der Waals surface area contributed by atoms with Gasteiger partial charge in [0.1, 0.15) is 5.82 Å². The van der Waals surface area contributed by atoms with E-state index in [9.17, 15) is 4.39 Å². The average Bonchev–Trinajstić information content (AvgIpc) is 2.51. The van der Waals surface area contributed by atoms with Crippen LogP contribution in [-0.4, -0.2) is 0 Å². The van der Waals surface area contributed by atoms with Crippen LogP contribution in [0.5, 0.6) is 0 Å². The first-order valence-electron chi connectivity index (χ1n) is 4.54. The van der Waals surface area contributed by atoms with E-state index < -0.39 is 0 Å². The summed E-state index contributed by atoms with van der Waals surface area (Å²) in [5.41, 5.74) is 1.03. The topological polar surface area (TPSA) is 0 Å². The molecule has 0 radical (unpaired) electrons. The molecule has 2 heteroatoms. The minimum absolute atomic E-state index is 0.157. The molecule has 1 aromatic heterocycles. The molecular weight excluding hydrogens is 195 g/mol. The van der Waals surface area contributed by atoms with E-state index in [0.717, 1.165) is 12.0 Å². The van der Waals surface area contributed by atoms with Gasteiger partial charge >= 0.3 is 0 Å². The Kier molecular flexibility index (Phi) is 2.64. The van der Waals surface area contributed by atoms with Crippen molar-refractivity contribution in [2.45, 2.75) is 13.3 Å². The van der Waals surface area contributed by atoms with Crippen molar-refractivity contribution in [2.24, 2.45) is 0 Å². The van der Waals surface area contributed by atoms with Crippen LogP contribution < -0.4 is 0 Å². The van der Waals surface area contributed by atoms with E-state index in [1.807, 2.05) is 6.07 Å². The maximum Gasteiger partial charge on any atom is 0.123 e. The highest BCUT2D eigenvalue weighted by molar-refractivity contribution is 7.11. The van der Waals surface area contributed by atoms with Gasteiger partial charge in [0.25, 0.3) is 0 Å². The molecule has 0 saturated heterocycles. The van der Waals surface area contributed by atoms with E-state index in [-0.39, 0.29) is 5.82 Å². The Balaban J connectivity index is 2.18. The summed E-state index contributed by atoms with van der Waals surface area (Å²) in [5, 5.41) is 0. The SMILES string of the molecule is Cc1ccc(Cc2cccc(F)c2)s1. The molecule has 0 aliphatic rings. The molecule has 0 aliphatic carbocycles. The van der Waals surface area contributed by atoms with Crippen LogP contribution in [0.2, 0.25) is 0 Å². The molecule has 72 valence electrons. The summed E-state index contributed by atoms with van der Waals surface area (Å²) in [5.74, 6) is -0.157. The fraction of sp³-hybridized carbons (Fsp3) is 0.167. The molecule has 1 heterocycles. The van der Waals surface area contributed by atoms with Crippen molar-refractivity contribution in [1.82, 2.24) is 0 Å². The van der Waals surface area contributed by atoms with Crippen LogP contribution in [0.4, 0.5) is 4.39 Å². The standard InChI is InChI=1S/C12H11FS/c1-9-5-6-12(14-9)8-10-3-2-4-11(13)7-10/h2-7H,8H2,1H3. The summed E-state index contributed by atoms with van der Waals surface area (Å²) >= 11 is 1.77. The average molecular weight is 206 g/mol. The Morgan fingerprint density at radius 2 is 2.07 bits per heavy atom. The molecule has 0 amide bonds. The second-order valence-corrected chi connectivity index (χ2v) is 4.69. The Bertz CT molecular complexity index is 431. The van der Waals surface area contributed by atoms with Crippen molar-refractivity contribution in [3.63, 3.8) is 0 Å². The molecule has 0 spiro atoms. The van der Waals surface area contributed by atoms with Gasteiger partial charge in [-0.3, -0.25) is 0 Å². The predicted octanol–water partition coefficient (Wildman–Crippen LogP) is 3.79. The molecule has 2 rings (SSSR count). The van der Waals surface area contributed by atoms with Gasteiger partial charge in [-0.2, -0.15) is 0 Å². The van der Waals surface area contributed by atoms with Crippen LogP contribution in [0, 0.1) is 12.7 Å². The summed E-state index contributed by atoms with van der Waals surface area (Å²) in [6.45, 7) is 2.08. The fourth-order valence-electron chi connectivity index (χ4n) is 1.43. The van der Waals surface area contributed by atoms with E-state index in [1.54, 1.807) is 23.5 Å². The first-order valence-corrected chi connectivity index (χ1v) is 5.35. The van der Waals surface area contributed by atoms with Gasteiger partial charge in [-0.15, -0.1) is 11.3 Å². The van der Waals surface area contributed by atoms with Crippen LogP contribution in [0.15, 0.2) is 36.4 Å². The van der Waals surface area contributed by atoms with Gasteiger partial charge in [0.15, 0.2) is 0 Å². The molecule has 1 aromatic carbocycles. The quantitative estimate of drug-likeness (QED) is 0.701. The minimum atomic E-state index is -0.157. The number of rotatable bonds is 2. The smallest absolute Gasteiger partial charge is 0.123 e. The van der Waals surface area contributed by atoms with Gasteiger partial charge < -0.3 is 0 Å². The maximum atomic E-state index is 12.9. The summed E-state index contributed by atoms with van der Waals surface area (Å²) in [4.78, 5) is 2.59. The molecule has 0 N–H and O–H groups in total. The molecule has 0 saturated carbocycles. The van der Waals surface area contributed by atoms with Crippen LogP contribution in [0.1, 0.15) is 15.3 Å². The highest BCUT2D eigenvalue weighted by Gasteiger charge is 1.99. The molecule has 0 nitrogen and oxygen atoms in total. The zero-order chi connectivity index (χ0) is 9.97. The zero-order valence-corrected chi connectivity index (χ0v) is 8.77.